The average Bonchev–Trinajstić information content (AvgIpc) is 2.65. The highest BCUT2D eigenvalue weighted by Crippen LogP contribution is 2.15. The normalized spacial score (nSPS) is 10.2. The maximum Gasteiger partial charge on any atom is 0.269 e. The zero-order valence-corrected chi connectivity index (χ0v) is 7.99. The van der Waals surface area contributed by atoms with Gasteiger partial charge in [0.05, 0.1) is 4.92 Å². The van der Waals surface area contributed by atoms with Gasteiger partial charge in [-0.2, -0.15) is 0 Å². The Balaban J connectivity index is 2.40. The van der Waals surface area contributed by atoms with Crippen molar-refractivity contribution >= 4 is 5.69 Å². The van der Waals surface area contributed by atoms with E-state index in [-0.39, 0.29) is 5.69 Å². The second kappa shape index (κ2) is 3.49. The molecule has 0 atom stereocenters. The second-order valence-electron chi connectivity index (χ2n) is 3.02. The first kappa shape index (κ1) is 9.32. The molecular weight excluding hydrogens is 196 g/mol. The molecule has 15 heavy (non-hydrogen) atoms. The smallest absolute Gasteiger partial charge is 0.269 e. The van der Waals surface area contributed by atoms with Crippen LogP contribution in [0.3, 0.4) is 0 Å². The van der Waals surface area contributed by atoms with Crippen LogP contribution in [0.1, 0.15) is 5.82 Å². The van der Waals surface area contributed by atoms with Crippen LogP contribution < -0.4 is 0 Å². The van der Waals surface area contributed by atoms with Gasteiger partial charge in [0, 0.05) is 17.8 Å². The lowest BCUT2D eigenvalue weighted by atomic mass is 10.3. The average molecular weight is 204 g/mol. The third-order valence-corrected chi connectivity index (χ3v) is 2.06. The SMILES string of the molecule is Cc1nncn1-c1ccc([N+](=O)[O-])cc1. The molecule has 0 saturated carbocycles. The predicted octanol–water partition coefficient (Wildman–Crippen LogP) is 1.48. The highest BCUT2D eigenvalue weighted by Gasteiger charge is 2.06. The van der Waals surface area contributed by atoms with E-state index >= 15 is 0 Å². The van der Waals surface area contributed by atoms with Crippen LogP contribution in [0.5, 0.6) is 0 Å². The summed E-state index contributed by atoms with van der Waals surface area (Å²) in [6.45, 7) is 1.81. The maximum absolute atomic E-state index is 10.4. The summed E-state index contributed by atoms with van der Waals surface area (Å²) in [4.78, 5) is 10.0. The van der Waals surface area contributed by atoms with Crippen molar-refractivity contribution in [2.45, 2.75) is 6.92 Å². The Kier molecular flexibility index (Phi) is 2.17. The number of nitro groups is 1. The van der Waals surface area contributed by atoms with Crippen LogP contribution in [0.2, 0.25) is 0 Å². The fourth-order valence-electron chi connectivity index (χ4n) is 1.28. The van der Waals surface area contributed by atoms with E-state index in [9.17, 15) is 10.1 Å². The first-order valence-corrected chi connectivity index (χ1v) is 4.30. The van der Waals surface area contributed by atoms with Crippen LogP contribution in [0.25, 0.3) is 5.69 Å². The van der Waals surface area contributed by atoms with Crippen molar-refractivity contribution in [1.82, 2.24) is 14.8 Å². The molecule has 0 saturated heterocycles. The number of hydrogen-bond donors (Lipinski definition) is 0. The Morgan fingerprint density at radius 3 is 2.47 bits per heavy atom. The first-order chi connectivity index (χ1) is 7.18. The molecule has 0 radical (unpaired) electrons. The zero-order valence-electron chi connectivity index (χ0n) is 7.99. The molecule has 0 aliphatic rings. The van der Waals surface area contributed by atoms with Crippen molar-refractivity contribution in [3.05, 3.63) is 46.5 Å². The summed E-state index contributed by atoms with van der Waals surface area (Å²) >= 11 is 0. The van der Waals surface area contributed by atoms with E-state index in [0.717, 1.165) is 11.5 Å². The molecule has 6 nitrogen and oxygen atoms in total. The summed E-state index contributed by atoms with van der Waals surface area (Å²) in [5.41, 5.74) is 0.882. The number of aromatic nitrogens is 3. The molecule has 1 aromatic carbocycles. The lowest BCUT2D eigenvalue weighted by Crippen LogP contribution is -1.95. The highest BCUT2D eigenvalue weighted by molar-refractivity contribution is 5.41. The molecule has 1 heterocycles. The van der Waals surface area contributed by atoms with Crippen molar-refractivity contribution in [3.63, 3.8) is 0 Å². The summed E-state index contributed by atoms with van der Waals surface area (Å²) in [6, 6.07) is 6.23. The predicted molar refractivity (Wildman–Crippen MR) is 52.8 cm³/mol. The number of nitro benzene ring substituents is 1. The molecule has 0 N–H and O–H groups in total. The van der Waals surface area contributed by atoms with Gasteiger partial charge in [-0.3, -0.25) is 14.7 Å². The number of hydrogen-bond acceptors (Lipinski definition) is 4. The van der Waals surface area contributed by atoms with Crippen LogP contribution in [-0.4, -0.2) is 19.7 Å². The van der Waals surface area contributed by atoms with E-state index in [4.69, 9.17) is 0 Å². The molecule has 2 rings (SSSR count). The zero-order chi connectivity index (χ0) is 10.8. The van der Waals surface area contributed by atoms with Gasteiger partial charge in [0.15, 0.2) is 0 Å². The third-order valence-electron chi connectivity index (χ3n) is 2.06. The molecule has 2 aromatic rings. The molecule has 6 heteroatoms. The lowest BCUT2D eigenvalue weighted by Gasteiger charge is -2.02. The van der Waals surface area contributed by atoms with Crippen LogP contribution in [0.15, 0.2) is 30.6 Å². The fourth-order valence-corrected chi connectivity index (χ4v) is 1.28. The quantitative estimate of drug-likeness (QED) is 0.548. The van der Waals surface area contributed by atoms with E-state index in [1.54, 1.807) is 23.0 Å². The van der Waals surface area contributed by atoms with Gasteiger partial charge in [0.1, 0.15) is 12.2 Å². The van der Waals surface area contributed by atoms with Crippen LogP contribution in [-0.2, 0) is 0 Å². The number of aryl methyl sites for hydroxylation is 1. The minimum Gasteiger partial charge on any atom is -0.286 e. The topological polar surface area (TPSA) is 73.8 Å². The Hall–Kier alpha value is -2.24. The number of nitrogens with zero attached hydrogens (tertiary/aromatic N) is 4. The summed E-state index contributed by atoms with van der Waals surface area (Å²) in [6.07, 6.45) is 1.57. The molecule has 76 valence electrons. The second-order valence-corrected chi connectivity index (χ2v) is 3.02. The lowest BCUT2D eigenvalue weighted by molar-refractivity contribution is -0.384. The van der Waals surface area contributed by atoms with E-state index < -0.39 is 4.92 Å². The summed E-state index contributed by atoms with van der Waals surface area (Å²) in [5.74, 6) is 0.740. The van der Waals surface area contributed by atoms with Crippen molar-refractivity contribution in [2.24, 2.45) is 0 Å². The maximum atomic E-state index is 10.4. The van der Waals surface area contributed by atoms with Crippen LogP contribution >= 0.6 is 0 Å². The Labute approximate surface area is 85.3 Å². The van der Waals surface area contributed by atoms with E-state index in [2.05, 4.69) is 10.2 Å². The monoisotopic (exact) mass is 204 g/mol. The molecule has 1 aromatic heterocycles. The first-order valence-electron chi connectivity index (χ1n) is 4.30. The van der Waals surface area contributed by atoms with Gasteiger partial charge in [-0.15, -0.1) is 10.2 Å². The van der Waals surface area contributed by atoms with Gasteiger partial charge < -0.3 is 0 Å². The molecular formula is C9H8N4O2. The molecule has 0 aliphatic carbocycles. The van der Waals surface area contributed by atoms with Crippen molar-refractivity contribution in [3.8, 4) is 5.69 Å². The fraction of sp³-hybridized carbons (Fsp3) is 0.111. The Morgan fingerprint density at radius 1 is 1.33 bits per heavy atom. The van der Waals surface area contributed by atoms with Gasteiger partial charge in [-0.25, -0.2) is 0 Å². The molecule has 0 bridgehead atoms. The Morgan fingerprint density at radius 2 is 2.00 bits per heavy atom. The standard InChI is InChI=1S/C9H8N4O2/c1-7-11-10-6-12(7)8-2-4-9(5-3-8)13(14)15/h2-6H,1H3. The van der Waals surface area contributed by atoms with Gasteiger partial charge in [0.2, 0.25) is 0 Å². The summed E-state index contributed by atoms with van der Waals surface area (Å²) < 4.78 is 1.75. The van der Waals surface area contributed by atoms with Gasteiger partial charge in [-0.05, 0) is 19.1 Å². The van der Waals surface area contributed by atoms with E-state index in [1.165, 1.54) is 12.1 Å². The molecule has 0 aliphatic heterocycles. The van der Waals surface area contributed by atoms with E-state index in [1.807, 2.05) is 6.92 Å². The number of rotatable bonds is 2. The molecule has 0 fully saturated rings. The van der Waals surface area contributed by atoms with E-state index in [0.29, 0.717) is 0 Å². The van der Waals surface area contributed by atoms with Crippen molar-refractivity contribution in [2.75, 3.05) is 0 Å². The third kappa shape index (κ3) is 1.69. The highest BCUT2D eigenvalue weighted by atomic mass is 16.6. The van der Waals surface area contributed by atoms with Crippen LogP contribution in [0, 0.1) is 17.0 Å². The molecule has 0 spiro atoms. The largest absolute Gasteiger partial charge is 0.286 e. The van der Waals surface area contributed by atoms with Gasteiger partial charge in [-0.1, -0.05) is 0 Å². The number of benzene rings is 1. The molecule has 0 amide bonds. The van der Waals surface area contributed by atoms with Crippen LogP contribution in [0.4, 0.5) is 5.69 Å². The van der Waals surface area contributed by atoms with Crippen molar-refractivity contribution in [1.29, 1.82) is 0 Å². The summed E-state index contributed by atoms with van der Waals surface area (Å²) in [7, 11) is 0. The van der Waals surface area contributed by atoms with Gasteiger partial charge >= 0.3 is 0 Å². The minimum atomic E-state index is -0.428. The molecule has 0 unspecified atom stereocenters. The van der Waals surface area contributed by atoms with Crippen molar-refractivity contribution < 1.29 is 4.92 Å². The number of non-ortho nitro benzene ring substituents is 1. The van der Waals surface area contributed by atoms with Gasteiger partial charge in [0.25, 0.3) is 5.69 Å². The minimum absolute atomic E-state index is 0.0736. The Bertz CT molecular complexity index is 489. The summed E-state index contributed by atoms with van der Waals surface area (Å²) in [5, 5.41) is 18.0.